The van der Waals surface area contributed by atoms with E-state index in [9.17, 15) is 19.1 Å². The molecule has 2 aromatic heterocycles. The quantitative estimate of drug-likeness (QED) is 0.770. The van der Waals surface area contributed by atoms with E-state index in [4.69, 9.17) is 0 Å². The minimum Gasteiger partial charge on any atom is -0.481 e. The number of aryl methyl sites for hydroxylation is 1. The highest BCUT2D eigenvalue weighted by Gasteiger charge is 2.29. The first-order chi connectivity index (χ1) is 11.7. The zero-order chi connectivity index (χ0) is 18.4. The second kappa shape index (κ2) is 6.07. The topological polar surface area (TPSA) is 72.2 Å². The lowest BCUT2D eigenvalue weighted by Gasteiger charge is -2.20. The highest BCUT2D eigenvalue weighted by Crippen LogP contribution is 2.35. The zero-order valence-electron chi connectivity index (χ0n) is 14.0. The van der Waals surface area contributed by atoms with E-state index in [1.54, 1.807) is 26.0 Å². The predicted molar refractivity (Wildman–Crippen MR) is 95.4 cm³/mol. The molecule has 130 valence electrons. The number of benzene rings is 1. The van der Waals surface area contributed by atoms with E-state index < -0.39 is 11.4 Å². The van der Waals surface area contributed by atoms with Crippen molar-refractivity contribution in [3.63, 3.8) is 0 Å². The molecule has 3 rings (SSSR count). The average molecular weight is 360 g/mol. The molecule has 0 spiro atoms. The van der Waals surface area contributed by atoms with E-state index in [0.717, 1.165) is 16.0 Å². The molecule has 0 saturated carbocycles. The molecule has 5 nitrogen and oxygen atoms in total. The van der Waals surface area contributed by atoms with Gasteiger partial charge in [-0.2, -0.15) is 0 Å². The van der Waals surface area contributed by atoms with Crippen molar-refractivity contribution >= 4 is 27.5 Å². The Morgan fingerprint density at radius 1 is 1.32 bits per heavy atom. The molecule has 0 amide bonds. The van der Waals surface area contributed by atoms with Crippen molar-refractivity contribution in [3.8, 4) is 11.1 Å². The van der Waals surface area contributed by atoms with Gasteiger partial charge in [-0.3, -0.25) is 14.2 Å². The van der Waals surface area contributed by atoms with Gasteiger partial charge in [0.25, 0.3) is 5.56 Å². The summed E-state index contributed by atoms with van der Waals surface area (Å²) in [6.45, 7) is 5.02. The Bertz CT molecular complexity index is 1020. The number of halogens is 1. The second-order valence-corrected chi connectivity index (χ2v) is 7.79. The minimum atomic E-state index is -1.10. The number of hydrogen-bond acceptors (Lipinski definition) is 4. The summed E-state index contributed by atoms with van der Waals surface area (Å²) < 4.78 is 14.5. The van der Waals surface area contributed by atoms with E-state index in [1.807, 2.05) is 6.92 Å². The Morgan fingerprint density at radius 3 is 2.56 bits per heavy atom. The van der Waals surface area contributed by atoms with Gasteiger partial charge in [0, 0.05) is 17.0 Å². The van der Waals surface area contributed by atoms with Gasteiger partial charge in [0.2, 0.25) is 0 Å². The van der Waals surface area contributed by atoms with Crippen molar-refractivity contribution in [2.24, 2.45) is 5.41 Å². The van der Waals surface area contributed by atoms with Crippen molar-refractivity contribution in [1.29, 1.82) is 0 Å². The predicted octanol–water partition coefficient (Wildman–Crippen LogP) is 3.68. The van der Waals surface area contributed by atoms with Crippen LogP contribution >= 0.6 is 11.3 Å². The molecule has 1 N–H and O–H groups in total. The number of carboxylic acid groups (broad SMARTS) is 1. The molecule has 25 heavy (non-hydrogen) atoms. The van der Waals surface area contributed by atoms with Gasteiger partial charge < -0.3 is 5.11 Å². The minimum absolute atomic E-state index is 0.0157. The average Bonchev–Trinajstić information content (AvgIpc) is 2.88. The number of rotatable bonds is 4. The van der Waals surface area contributed by atoms with Crippen LogP contribution in [-0.4, -0.2) is 20.6 Å². The Hall–Kier alpha value is -2.54. The summed E-state index contributed by atoms with van der Waals surface area (Å²) in [7, 11) is 0. The maximum atomic E-state index is 13.2. The first-order valence-electron chi connectivity index (χ1n) is 7.68. The molecule has 0 aliphatic rings. The molecule has 0 atom stereocenters. The first-order valence-corrected chi connectivity index (χ1v) is 8.50. The van der Waals surface area contributed by atoms with Crippen LogP contribution in [0.5, 0.6) is 0 Å². The highest BCUT2D eigenvalue weighted by atomic mass is 32.1. The van der Waals surface area contributed by atoms with Crippen LogP contribution in [0, 0.1) is 18.2 Å². The first kappa shape index (κ1) is 17.3. The highest BCUT2D eigenvalue weighted by molar-refractivity contribution is 7.19. The molecule has 3 aromatic rings. The zero-order valence-corrected chi connectivity index (χ0v) is 14.9. The lowest BCUT2D eigenvalue weighted by Crippen LogP contribution is -2.34. The van der Waals surface area contributed by atoms with Crippen LogP contribution in [-0.2, 0) is 11.3 Å². The second-order valence-electron chi connectivity index (χ2n) is 6.59. The van der Waals surface area contributed by atoms with Crippen LogP contribution in [0.25, 0.3) is 21.3 Å². The van der Waals surface area contributed by atoms with E-state index in [1.165, 1.54) is 34.4 Å². The van der Waals surface area contributed by atoms with Gasteiger partial charge in [-0.1, -0.05) is 12.1 Å². The van der Waals surface area contributed by atoms with Gasteiger partial charge in [0.1, 0.15) is 10.6 Å². The van der Waals surface area contributed by atoms with Crippen LogP contribution in [0.4, 0.5) is 4.39 Å². The molecule has 1 aromatic carbocycles. The van der Waals surface area contributed by atoms with E-state index >= 15 is 0 Å². The lowest BCUT2D eigenvalue weighted by atomic mass is 9.94. The Kier molecular flexibility index (Phi) is 4.20. The number of hydrogen-bond donors (Lipinski definition) is 1. The molecule has 7 heteroatoms. The van der Waals surface area contributed by atoms with Crippen LogP contribution in [0.2, 0.25) is 0 Å². The van der Waals surface area contributed by atoms with Crippen molar-refractivity contribution < 1.29 is 14.3 Å². The van der Waals surface area contributed by atoms with Crippen LogP contribution in [0.15, 0.2) is 35.4 Å². The monoisotopic (exact) mass is 360 g/mol. The van der Waals surface area contributed by atoms with Gasteiger partial charge >= 0.3 is 5.97 Å². The standard InChI is InChI=1S/C18H17FN2O3S/c1-10-13(11-4-6-12(19)7-5-11)14-15(25-10)20-9-21(16(14)22)8-18(2,3)17(23)24/h4-7,9H,8H2,1-3H3,(H,23,24). The summed E-state index contributed by atoms with van der Waals surface area (Å²) >= 11 is 1.39. The SMILES string of the molecule is Cc1sc2ncn(CC(C)(C)C(=O)O)c(=O)c2c1-c1ccc(F)cc1. The molecule has 0 unspecified atom stereocenters. The van der Waals surface area contributed by atoms with Gasteiger partial charge in [-0.25, -0.2) is 9.37 Å². The fraction of sp³-hybridized carbons (Fsp3) is 0.278. The summed E-state index contributed by atoms with van der Waals surface area (Å²) in [5, 5.41) is 9.74. The summed E-state index contributed by atoms with van der Waals surface area (Å²) in [4.78, 5) is 30.1. The fourth-order valence-corrected chi connectivity index (χ4v) is 3.71. The third-order valence-corrected chi connectivity index (χ3v) is 5.15. The number of aliphatic carboxylic acids is 1. The number of nitrogens with zero attached hydrogens (tertiary/aromatic N) is 2. The van der Waals surface area contributed by atoms with Crippen molar-refractivity contribution in [2.45, 2.75) is 27.3 Å². The van der Waals surface area contributed by atoms with E-state index in [0.29, 0.717) is 10.2 Å². The van der Waals surface area contributed by atoms with Crippen molar-refractivity contribution in [2.75, 3.05) is 0 Å². The summed E-state index contributed by atoms with van der Waals surface area (Å²) in [6, 6.07) is 5.95. The third kappa shape index (κ3) is 3.07. The third-order valence-electron chi connectivity index (χ3n) is 4.13. The normalized spacial score (nSPS) is 11.8. The number of carboxylic acids is 1. The van der Waals surface area contributed by atoms with Gasteiger partial charge in [-0.05, 0) is 38.5 Å². The maximum Gasteiger partial charge on any atom is 0.310 e. The van der Waals surface area contributed by atoms with Crippen molar-refractivity contribution in [3.05, 3.63) is 51.6 Å². The largest absolute Gasteiger partial charge is 0.481 e. The Balaban J connectivity index is 2.21. The summed E-state index contributed by atoms with van der Waals surface area (Å²) in [5.74, 6) is -1.33. The molecule has 0 aliphatic carbocycles. The molecule has 0 radical (unpaired) electrons. The van der Waals surface area contributed by atoms with Gasteiger partial charge in [0.15, 0.2) is 0 Å². The fourth-order valence-electron chi connectivity index (χ4n) is 2.71. The van der Waals surface area contributed by atoms with E-state index in [-0.39, 0.29) is 17.9 Å². The maximum absolute atomic E-state index is 13.2. The number of thiophene rings is 1. The summed E-state index contributed by atoms with van der Waals surface area (Å²) in [5.41, 5.74) is 0.0718. The van der Waals surface area contributed by atoms with Crippen LogP contribution < -0.4 is 5.56 Å². The molecular formula is C18H17FN2O3S. The Morgan fingerprint density at radius 2 is 1.96 bits per heavy atom. The van der Waals surface area contributed by atoms with Crippen LogP contribution in [0.3, 0.4) is 0 Å². The van der Waals surface area contributed by atoms with Crippen LogP contribution in [0.1, 0.15) is 18.7 Å². The molecule has 0 saturated heterocycles. The Labute approximate surface area is 147 Å². The number of aromatic nitrogens is 2. The molecule has 0 bridgehead atoms. The smallest absolute Gasteiger partial charge is 0.310 e. The molecular weight excluding hydrogens is 343 g/mol. The van der Waals surface area contributed by atoms with Gasteiger partial charge in [-0.15, -0.1) is 11.3 Å². The number of carbonyl (C=O) groups is 1. The lowest BCUT2D eigenvalue weighted by molar-refractivity contribution is -0.147. The van der Waals surface area contributed by atoms with E-state index in [2.05, 4.69) is 4.98 Å². The molecule has 2 heterocycles. The van der Waals surface area contributed by atoms with Gasteiger partial charge in [0.05, 0.1) is 17.1 Å². The van der Waals surface area contributed by atoms with Crippen molar-refractivity contribution in [1.82, 2.24) is 9.55 Å². The summed E-state index contributed by atoms with van der Waals surface area (Å²) in [6.07, 6.45) is 1.39. The molecule has 0 fully saturated rings. The number of fused-ring (bicyclic) bond motifs is 1. The molecule has 0 aliphatic heterocycles.